The third-order valence-corrected chi connectivity index (χ3v) is 22.2. The molecule has 0 radical (unpaired) electrons. The summed E-state index contributed by atoms with van der Waals surface area (Å²) in [5, 5.41) is 0. The summed E-state index contributed by atoms with van der Waals surface area (Å²) in [6.07, 6.45) is 21.2. The molecule has 0 aliphatic heterocycles. The van der Waals surface area contributed by atoms with Crippen LogP contribution in [-0.4, -0.2) is 0 Å². The van der Waals surface area contributed by atoms with E-state index in [1.54, 1.807) is 60.7 Å². The van der Waals surface area contributed by atoms with Crippen LogP contribution in [0.3, 0.4) is 0 Å². The van der Waals surface area contributed by atoms with Crippen LogP contribution in [-0.2, 0) is 28.2 Å². The van der Waals surface area contributed by atoms with Crippen molar-refractivity contribution >= 4 is 0 Å². The van der Waals surface area contributed by atoms with E-state index in [0.29, 0.717) is 51.8 Å². The van der Waals surface area contributed by atoms with E-state index >= 15 is 0 Å². The van der Waals surface area contributed by atoms with Crippen molar-refractivity contribution in [2.45, 2.75) is 209 Å². The van der Waals surface area contributed by atoms with Gasteiger partial charge in [-0.05, 0) is 262 Å². The minimum absolute atomic E-state index is 0.131. The topological polar surface area (TPSA) is 15.5 Å². The SMILES string of the molecule is [2H]C([2H])([2H])c1c[n+](C)c(-c2ccccc2C)cc1-c1cc(C)c(C2([2H])CCCCC2)c(C([2H])([2H])[2H])c1.[2H]C([2H])([2H])c1c[n+](C)c(-c2ccccc2C)cc1-c1ccc(C2([2H])CCCCC2)cc1.[2H]C([2H])([2H])c1cc(C)ccc1-c1cc(-c2ccccc2C)[n+](C)cc1C([2H])([2H])[2H].[2H]C1(c2ccc(-c3cc(-c4ccccc4C)[n+](C)cc3C([2H])(C)C([2H])([2H])[2H])cc2)CCCCC1. The van der Waals surface area contributed by atoms with E-state index in [1.165, 1.54) is 19.8 Å². The lowest BCUT2D eigenvalue weighted by molar-refractivity contribution is -0.660. The Morgan fingerprint density at radius 3 is 1.06 bits per heavy atom. The second kappa shape index (κ2) is 35.6. The third-order valence-electron chi connectivity index (χ3n) is 22.2. The molecule has 3 aliphatic carbocycles. The molecule has 0 saturated heterocycles. The minimum atomic E-state index is -2.48. The van der Waals surface area contributed by atoms with Gasteiger partial charge in [0.15, 0.2) is 24.8 Å². The summed E-state index contributed by atoms with van der Waals surface area (Å²) >= 11 is 0. The highest BCUT2D eigenvalue weighted by Crippen LogP contribution is 2.42. The number of rotatable bonds is 12. The largest absolute Gasteiger partial charge is 0.213 e. The Hall–Kier alpha value is -9.64. The molecule has 8 aromatic carbocycles. The molecule has 0 N–H and O–H groups in total. The van der Waals surface area contributed by atoms with E-state index in [2.05, 4.69) is 38.1 Å². The van der Waals surface area contributed by atoms with Crippen LogP contribution in [0.5, 0.6) is 0 Å². The van der Waals surface area contributed by atoms with Crippen LogP contribution in [0.2, 0.25) is 0 Å². The first-order valence-electron chi connectivity index (χ1n) is 49.6. The Balaban J connectivity index is 0.000000157. The fourth-order valence-corrected chi connectivity index (χ4v) is 16.2. The molecule has 4 heteroatoms. The first-order chi connectivity index (χ1) is 60.7. The van der Waals surface area contributed by atoms with Gasteiger partial charge in [-0.2, -0.15) is 0 Å². The highest BCUT2D eigenvalue weighted by Gasteiger charge is 2.26. The average Bonchev–Trinajstić information content (AvgIpc) is 0.753. The van der Waals surface area contributed by atoms with E-state index in [9.17, 15) is 1.37 Å². The van der Waals surface area contributed by atoms with Gasteiger partial charge >= 0.3 is 0 Å². The fourth-order valence-electron chi connectivity index (χ4n) is 16.2. The number of aromatic nitrogens is 4. The Morgan fingerprint density at radius 1 is 0.306 bits per heavy atom. The van der Waals surface area contributed by atoms with Crippen LogP contribution >= 0.6 is 0 Å². The molecule has 1 unspecified atom stereocenters. The fraction of sp³-hybridized carbons (Fsp3) is 0.346. The van der Waals surface area contributed by atoms with Gasteiger partial charge in [-0.1, -0.05) is 229 Å². The van der Waals surface area contributed by atoms with Gasteiger partial charge in [0, 0.05) is 98.9 Å². The van der Waals surface area contributed by atoms with E-state index in [0.717, 1.165) is 182 Å². The first kappa shape index (κ1) is 54.0. The predicted octanol–water partition coefficient (Wildman–Crippen LogP) is 26.0. The molecular weight excluding hydrogens is 1310 g/mol. The zero-order chi connectivity index (χ0) is 95.0. The van der Waals surface area contributed by atoms with Gasteiger partial charge < -0.3 is 0 Å². The highest BCUT2D eigenvalue weighted by atomic mass is 14.9. The minimum Gasteiger partial charge on any atom is -0.201 e. The lowest BCUT2D eigenvalue weighted by Crippen LogP contribution is -2.32. The highest BCUT2D eigenvalue weighted by molar-refractivity contribution is 5.78. The second-order valence-corrected chi connectivity index (χ2v) is 30.2. The Bertz CT molecular complexity index is 6070. The van der Waals surface area contributed by atoms with Gasteiger partial charge in [0.1, 0.15) is 28.2 Å². The summed E-state index contributed by atoms with van der Waals surface area (Å²) in [7, 11) is 7.44. The average molecular weight is 1450 g/mol. The summed E-state index contributed by atoms with van der Waals surface area (Å²) in [6, 6.07) is 64.4. The van der Waals surface area contributed by atoms with Crippen molar-refractivity contribution in [3.8, 4) is 89.5 Å². The van der Waals surface area contributed by atoms with E-state index in [4.69, 9.17) is 28.8 Å². The third kappa shape index (κ3) is 18.2. The number of pyridine rings is 4. The van der Waals surface area contributed by atoms with Crippen LogP contribution in [0.1, 0.15) is 247 Å². The quantitative estimate of drug-likeness (QED) is 0.108. The van der Waals surface area contributed by atoms with Gasteiger partial charge in [0.2, 0.25) is 22.8 Å². The molecule has 15 rings (SSSR count). The number of hydrogen-bond acceptors (Lipinski definition) is 0. The smallest absolute Gasteiger partial charge is 0.201 e. The summed E-state index contributed by atoms with van der Waals surface area (Å²) in [5.74, 6) is -3.77. The Morgan fingerprint density at radius 2 is 0.657 bits per heavy atom. The molecule has 0 spiro atoms. The Kier molecular flexibility index (Phi) is 17.8. The van der Waals surface area contributed by atoms with Crippen LogP contribution in [0, 0.1) is 75.8 Å². The molecule has 12 aromatic rings. The van der Waals surface area contributed by atoms with Crippen molar-refractivity contribution in [3.05, 3.63) is 308 Å². The van der Waals surface area contributed by atoms with Crippen molar-refractivity contribution < 1.29 is 48.4 Å². The van der Waals surface area contributed by atoms with Crippen LogP contribution in [0.15, 0.2) is 225 Å². The molecule has 1 atom stereocenters. The maximum Gasteiger partial charge on any atom is 0.213 e. The van der Waals surface area contributed by atoms with Gasteiger partial charge in [-0.15, -0.1) is 0 Å². The van der Waals surface area contributed by atoms with Crippen LogP contribution < -0.4 is 18.3 Å². The monoisotopic (exact) mass is 1450 g/mol. The van der Waals surface area contributed by atoms with Gasteiger partial charge in [-0.25, -0.2) is 18.3 Å². The molecule has 3 saturated carbocycles. The zero-order valence-corrected chi connectivity index (χ0v) is 65.3. The Labute approximate surface area is 681 Å². The molecule has 4 aromatic heterocycles. The molecule has 4 nitrogen and oxygen atoms in total. The van der Waals surface area contributed by atoms with Gasteiger partial charge in [0.25, 0.3) is 0 Å². The molecule has 0 bridgehead atoms. The lowest BCUT2D eigenvalue weighted by Gasteiger charge is -2.26. The number of nitrogens with zero attached hydrogens (tertiary/aromatic N) is 4. The maximum atomic E-state index is 9.19. The first-order valence-corrected chi connectivity index (χ1v) is 38.6. The molecule has 3 fully saturated rings. The molecule has 108 heavy (non-hydrogen) atoms. The number of hydrogen-bond donors (Lipinski definition) is 0. The normalized spacial score (nSPS) is 19.2. The van der Waals surface area contributed by atoms with E-state index in [1.807, 2.05) is 214 Å². The summed E-state index contributed by atoms with van der Waals surface area (Å²) in [4.78, 5) is 0. The van der Waals surface area contributed by atoms with Crippen molar-refractivity contribution in [1.82, 2.24) is 0 Å². The van der Waals surface area contributed by atoms with Crippen molar-refractivity contribution in [1.29, 1.82) is 0 Å². The predicted molar refractivity (Wildman–Crippen MR) is 458 cm³/mol. The molecule has 0 amide bonds. The van der Waals surface area contributed by atoms with Crippen molar-refractivity contribution in [2.75, 3.05) is 0 Å². The van der Waals surface area contributed by atoms with Crippen LogP contribution in [0.4, 0.5) is 0 Å². The van der Waals surface area contributed by atoms with Gasteiger partial charge in [-0.3, -0.25) is 0 Å². The number of aryl methyl sites for hydroxylation is 15. The lowest BCUT2D eigenvalue weighted by atomic mass is 9.79. The standard InChI is InChI=1S/2C28H34N.C26H30N.C22H24N/c1-19-11-9-10-14-25(19)27-17-26(22(4)18-29(27)5)24-15-20(2)28(21(3)16-24)23-12-7-6-8-13-23;1-20(2)27-19-29(4)28(25-13-9-8-10-21(25)3)18-26(27)24-16-14-23(15-17-24)22-11-6-5-7-12-22;1-19-9-7-8-12-24(19)26-17-25(20(2)18-27(26)3)23-15-13-22(14-16-23)21-10-5-4-6-11-21;1-15-10-11-19(17(3)12-15)21-13-22(23(5)14-18(21)4)20-9-7-6-8-16(20)2/h9-11,14-18,23H,6-8,12-13H2,1-5H3;8-10,13-20,22H,5-7,11-12H2,1-4H3;7-9,12-18,21H,4-6,10-11H2,1-3H3;6-14H,1-5H3/q4*+1/i2D3,4D3,23D;1D3,20D,22D;2D3,21D;3D3,4D3. The van der Waals surface area contributed by atoms with Crippen LogP contribution in [0.25, 0.3) is 89.5 Å². The zero-order valence-electron chi connectivity index (χ0n) is 87.3. The number of benzene rings is 8. The summed E-state index contributed by atoms with van der Waals surface area (Å²) in [6.45, 7) is -0.933. The van der Waals surface area contributed by atoms with Crippen molar-refractivity contribution in [3.63, 3.8) is 0 Å². The molecule has 3 aliphatic rings. The summed E-state index contributed by atoms with van der Waals surface area (Å²) in [5.41, 5.74) is 22.9. The van der Waals surface area contributed by atoms with E-state index in [-0.39, 0.29) is 22.3 Å². The van der Waals surface area contributed by atoms with E-state index < -0.39 is 64.7 Å². The second-order valence-electron chi connectivity index (χ2n) is 30.2. The maximum absolute atomic E-state index is 9.19. The molecule has 4 heterocycles. The van der Waals surface area contributed by atoms with Gasteiger partial charge in [0.05, 0.1) is 0 Å². The molecular formula is C104H122N4+4. The van der Waals surface area contributed by atoms with Crippen molar-refractivity contribution in [2.24, 2.45) is 28.2 Å². The molecule has 554 valence electrons. The summed E-state index contributed by atoms with van der Waals surface area (Å²) < 4.78 is 189.